The van der Waals surface area contributed by atoms with Gasteiger partial charge in [0.05, 0.1) is 12.3 Å². The number of aliphatic hydroxyl groups excluding tert-OH is 1. The lowest BCUT2D eigenvalue weighted by atomic mass is 10.4. The molecule has 1 aromatic rings. The summed E-state index contributed by atoms with van der Waals surface area (Å²) in [5, 5.41) is 13.2. The normalized spacial score (nSPS) is 16.5. The van der Waals surface area contributed by atoms with E-state index in [2.05, 4.69) is 10.3 Å². The Labute approximate surface area is 81.8 Å². The summed E-state index contributed by atoms with van der Waals surface area (Å²) in [5.74, 6) is 0. The molecule has 0 atom stereocenters. The van der Waals surface area contributed by atoms with Crippen molar-refractivity contribution in [1.82, 2.24) is 10.3 Å². The number of aromatic nitrogens is 1. The van der Waals surface area contributed by atoms with E-state index >= 15 is 0 Å². The minimum atomic E-state index is 0.0644. The van der Waals surface area contributed by atoms with Crippen LogP contribution >= 0.6 is 11.3 Å². The summed E-state index contributed by atoms with van der Waals surface area (Å²) < 4.78 is 0. The molecule has 0 unspecified atom stereocenters. The van der Waals surface area contributed by atoms with Crippen LogP contribution in [0.4, 0.5) is 0 Å². The Kier molecular flexibility index (Phi) is 2.62. The maximum absolute atomic E-state index is 8.89. The van der Waals surface area contributed by atoms with Gasteiger partial charge in [0.1, 0.15) is 5.01 Å². The SMILES string of the molecule is Cc1nc(CO)sc1CNC1CC1. The molecule has 1 aliphatic carbocycles. The number of nitrogens with zero attached hydrogens (tertiary/aromatic N) is 1. The molecule has 0 saturated heterocycles. The second-order valence-electron chi connectivity index (χ2n) is 3.43. The summed E-state index contributed by atoms with van der Waals surface area (Å²) >= 11 is 1.61. The van der Waals surface area contributed by atoms with Crippen LogP contribution < -0.4 is 5.32 Å². The molecule has 0 aliphatic heterocycles. The molecule has 1 aliphatic rings. The van der Waals surface area contributed by atoms with Crippen LogP contribution in [0.3, 0.4) is 0 Å². The summed E-state index contributed by atoms with van der Waals surface area (Å²) in [6.45, 7) is 2.97. The third kappa shape index (κ3) is 2.27. The van der Waals surface area contributed by atoms with Crippen LogP contribution in [-0.2, 0) is 13.2 Å². The molecule has 2 rings (SSSR count). The van der Waals surface area contributed by atoms with Crippen LogP contribution in [0.1, 0.15) is 28.4 Å². The van der Waals surface area contributed by atoms with E-state index in [1.54, 1.807) is 11.3 Å². The monoisotopic (exact) mass is 198 g/mol. The first-order valence-electron chi connectivity index (χ1n) is 4.59. The van der Waals surface area contributed by atoms with Gasteiger partial charge >= 0.3 is 0 Å². The van der Waals surface area contributed by atoms with Gasteiger partial charge in [0.2, 0.25) is 0 Å². The molecule has 13 heavy (non-hydrogen) atoms. The van der Waals surface area contributed by atoms with E-state index in [4.69, 9.17) is 5.11 Å². The van der Waals surface area contributed by atoms with Crippen molar-refractivity contribution in [1.29, 1.82) is 0 Å². The smallest absolute Gasteiger partial charge is 0.119 e. The predicted octanol–water partition coefficient (Wildman–Crippen LogP) is 1.20. The molecule has 0 radical (unpaired) electrons. The fourth-order valence-electron chi connectivity index (χ4n) is 1.24. The van der Waals surface area contributed by atoms with Crippen LogP contribution in [0.25, 0.3) is 0 Å². The molecule has 1 fully saturated rings. The largest absolute Gasteiger partial charge is 0.389 e. The zero-order valence-corrected chi connectivity index (χ0v) is 8.52. The number of hydrogen-bond donors (Lipinski definition) is 2. The first-order valence-corrected chi connectivity index (χ1v) is 5.40. The standard InChI is InChI=1S/C9H14N2OS/c1-6-8(4-10-7-2-3-7)13-9(5-12)11-6/h7,10,12H,2-5H2,1H3. The van der Waals surface area contributed by atoms with Crippen molar-refractivity contribution in [3.63, 3.8) is 0 Å². The molecule has 0 amide bonds. The Bertz CT molecular complexity index is 294. The summed E-state index contributed by atoms with van der Waals surface area (Å²) in [6.07, 6.45) is 2.62. The number of thiazole rings is 1. The molecule has 0 spiro atoms. The minimum absolute atomic E-state index is 0.0644. The zero-order valence-electron chi connectivity index (χ0n) is 7.71. The van der Waals surface area contributed by atoms with E-state index < -0.39 is 0 Å². The van der Waals surface area contributed by atoms with Gasteiger partial charge in [-0.25, -0.2) is 4.98 Å². The quantitative estimate of drug-likeness (QED) is 0.764. The second kappa shape index (κ2) is 3.74. The van der Waals surface area contributed by atoms with Crippen LogP contribution in [0.5, 0.6) is 0 Å². The van der Waals surface area contributed by atoms with Gasteiger partial charge in [-0.15, -0.1) is 11.3 Å². The average Bonchev–Trinajstić information content (AvgIpc) is 2.88. The number of rotatable bonds is 4. The highest BCUT2D eigenvalue weighted by molar-refractivity contribution is 7.11. The molecule has 1 saturated carbocycles. The highest BCUT2D eigenvalue weighted by atomic mass is 32.1. The summed E-state index contributed by atoms with van der Waals surface area (Å²) in [5.41, 5.74) is 1.06. The van der Waals surface area contributed by atoms with Gasteiger partial charge in [0, 0.05) is 17.5 Å². The van der Waals surface area contributed by atoms with E-state index in [0.717, 1.165) is 23.3 Å². The van der Waals surface area contributed by atoms with Gasteiger partial charge in [0.25, 0.3) is 0 Å². The summed E-state index contributed by atoms with van der Waals surface area (Å²) in [4.78, 5) is 5.52. The average molecular weight is 198 g/mol. The van der Waals surface area contributed by atoms with Crippen molar-refractivity contribution in [3.8, 4) is 0 Å². The van der Waals surface area contributed by atoms with Crippen molar-refractivity contribution < 1.29 is 5.11 Å². The van der Waals surface area contributed by atoms with Crippen molar-refractivity contribution in [2.75, 3.05) is 0 Å². The molecule has 3 nitrogen and oxygen atoms in total. The predicted molar refractivity (Wildman–Crippen MR) is 52.6 cm³/mol. The van der Waals surface area contributed by atoms with Crippen LogP contribution in [-0.4, -0.2) is 16.1 Å². The molecule has 1 aromatic heterocycles. The molecule has 4 heteroatoms. The maximum atomic E-state index is 8.89. The van der Waals surface area contributed by atoms with E-state index in [1.807, 2.05) is 6.92 Å². The molecule has 1 heterocycles. The Morgan fingerprint density at radius 1 is 1.62 bits per heavy atom. The maximum Gasteiger partial charge on any atom is 0.119 e. The van der Waals surface area contributed by atoms with Crippen LogP contribution in [0, 0.1) is 6.92 Å². The number of nitrogens with one attached hydrogen (secondary N) is 1. The zero-order chi connectivity index (χ0) is 9.26. The Balaban J connectivity index is 1.96. The van der Waals surface area contributed by atoms with Gasteiger partial charge in [-0.3, -0.25) is 0 Å². The third-order valence-corrected chi connectivity index (χ3v) is 3.34. The van der Waals surface area contributed by atoms with Crippen LogP contribution in [0.15, 0.2) is 0 Å². The van der Waals surface area contributed by atoms with Gasteiger partial charge in [0.15, 0.2) is 0 Å². The third-order valence-electron chi connectivity index (χ3n) is 2.20. The molecule has 0 bridgehead atoms. The Morgan fingerprint density at radius 2 is 2.38 bits per heavy atom. The highest BCUT2D eigenvalue weighted by Gasteiger charge is 2.20. The Morgan fingerprint density at radius 3 is 2.92 bits per heavy atom. The molecule has 72 valence electrons. The van der Waals surface area contributed by atoms with Crippen molar-refractivity contribution >= 4 is 11.3 Å². The van der Waals surface area contributed by atoms with E-state index in [-0.39, 0.29) is 6.61 Å². The lowest BCUT2D eigenvalue weighted by molar-refractivity contribution is 0.281. The summed E-state index contributed by atoms with van der Waals surface area (Å²) in [7, 11) is 0. The fraction of sp³-hybridized carbons (Fsp3) is 0.667. The topological polar surface area (TPSA) is 45.2 Å². The van der Waals surface area contributed by atoms with Gasteiger partial charge in [-0.1, -0.05) is 0 Å². The van der Waals surface area contributed by atoms with Crippen LogP contribution in [0.2, 0.25) is 0 Å². The molecule has 0 aromatic carbocycles. The van der Waals surface area contributed by atoms with Gasteiger partial charge < -0.3 is 10.4 Å². The van der Waals surface area contributed by atoms with Gasteiger partial charge in [-0.2, -0.15) is 0 Å². The summed E-state index contributed by atoms with van der Waals surface area (Å²) in [6, 6.07) is 0.735. The van der Waals surface area contributed by atoms with Crippen molar-refractivity contribution in [3.05, 3.63) is 15.6 Å². The number of aliphatic hydroxyl groups is 1. The first kappa shape index (κ1) is 9.12. The van der Waals surface area contributed by atoms with E-state index in [1.165, 1.54) is 17.7 Å². The van der Waals surface area contributed by atoms with E-state index in [9.17, 15) is 0 Å². The number of hydrogen-bond acceptors (Lipinski definition) is 4. The van der Waals surface area contributed by atoms with Crippen molar-refractivity contribution in [2.24, 2.45) is 0 Å². The fourth-order valence-corrected chi connectivity index (χ4v) is 2.12. The lowest BCUT2D eigenvalue weighted by Crippen LogP contribution is -2.14. The highest BCUT2D eigenvalue weighted by Crippen LogP contribution is 2.22. The number of aryl methyl sites for hydroxylation is 1. The minimum Gasteiger partial charge on any atom is -0.389 e. The molecular weight excluding hydrogens is 184 g/mol. The van der Waals surface area contributed by atoms with Gasteiger partial charge in [-0.05, 0) is 19.8 Å². The molecule has 2 N–H and O–H groups in total. The Hall–Kier alpha value is -0.450. The van der Waals surface area contributed by atoms with Crippen molar-refractivity contribution in [2.45, 2.75) is 39.0 Å². The second-order valence-corrected chi connectivity index (χ2v) is 4.60. The molecular formula is C9H14N2OS. The lowest BCUT2D eigenvalue weighted by Gasteiger charge is -1.99. The first-order chi connectivity index (χ1) is 6.29. The van der Waals surface area contributed by atoms with E-state index in [0.29, 0.717) is 0 Å².